The minimum atomic E-state index is -0.359. The van der Waals surface area contributed by atoms with Crippen molar-refractivity contribution in [2.45, 2.75) is 6.92 Å². The molecule has 0 bridgehead atoms. The lowest BCUT2D eigenvalue weighted by Gasteiger charge is -1.85. The molecular weight excluding hydrogens is 191 g/mol. The molecule has 0 aromatic carbocycles. The van der Waals surface area contributed by atoms with Crippen LogP contribution in [0.2, 0.25) is 0 Å². The first-order valence-corrected chi connectivity index (χ1v) is 3.71. The molecule has 0 amide bonds. The normalized spacial score (nSPS) is 8.60. The summed E-state index contributed by atoms with van der Waals surface area (Å²) in [6, 6.07) is 1.88. The van der Waals surface area contributed by atoms with Crippen LogP contribution in [0.15, 0.2) is 11.4 Å². The molecule has 0 N–H and O–H groups in total. The Labute approximate surface area is 74.4 Å². The van der Waals surface area contributed by atoms with E-state index in [2.05, 4.69) is 0 Å². The lowest BCUT2D eigenvalue weighted by atomic mass is 10.3. The Balaban J connectivity index is 0.000000810. The highest BCUT2D eigenvalue weighted by atomic mass is 35.5. The van der Waals surface area contributed by atoms with Crippen molar-refractivity contribution in [1.29, 1.82) is 0 Å². The smallest absolute Gasteiger partial charge is 0.262 e. The highest BCUT2D eigenvalue weighted by molar-refractivity contribution is 7.14. The van der Waals surface area contributed by atoms with Gasteiger partial charge in [0, 0.05) is 0 Å². The van der Waals surface area contributed by atoms with Crippen LogP contribution >= 0.6 is 35.3 Å². The molecule has 0 spiro atoms. The van der Waals surface area contributed by atoms with Crippen LogP contribution < -0.4 is 0 Å². The summed E-state index contributed by atoms with van der Waals surface area (Å²) in [5.74, 6) is 0. The second kappa shape index (κ2) is 3.96. The Hall–Kier alpha value is -0.0500. The number of thiophene rings is 1. The van der Waals surface area contributed by atoms with Crippen LogP contribution in [-0.4, -0.2) is 5.24 Å². The summed E-state index contributed by atoms with van der Waals surface area (Å²) in [5.41, 5.74) is 0.958. The van der Waals surface area contributed by atoms with Crippen molar-refractivity contribution in [1.82, 2.24) is 0 Å². The molecule has 0 saturated heterocycles. The number of carbonyl (C=O) groups excluding carboxylic acids is 1. The standard InChI is InChI=1S/C6H5ClOS.ClH/c1-4-2-3-9-5(4)6(7)8;/h2-3H,1H3;1H. The molecule has 1 aromatic rings. The van der Waals surface area contributed by atoms with Gasteiger partial charge in [0.1, 0.15) is 0 Å². The molecule has 0 atom stereocenters. The molecule has 1 aromatic heterocycles. The predicted molar refractivity (Wildman–Crippen MR) is 46.5 cm³/mol. The molecule has 1 nitrogen and oxygen atoms in total. The maximum Gasteiger partial charge on any atom is 0.262 e. The van der Waals surface area contributed by atoms with Crippen LogP contribution in [0.25, 0.3) is 0 Å². The largest absolute Gasteiger partial charge is 0.275 e. The SMILES string of the molecule is Cc1ccsc1C(=O)Cl.Cl. The third-order valence-corrected chi connectivity index (χ3v) is 2.36. The molecule has 1 heterocycles. The molecule has 0 saturated carbocycles. The van der Waals surface area contributed by atoms with Crippen molar-refractivity contribution in [3.05, 3.63) is 21.9 Å². The van der Waals surface area contributed by atoms with E-state index in [1.807, 2.05) is 18.4 Å². The van der Waals surface area contributed by atoms with Crippen molar-refractivity contribution in [2.75, 3.05) is 0 Å². The Morgan fingerprint density at radius 3 is 2.50 bits per heavy atom. The molecular formula is C6H6Cl2OS. The van der Waals surface area contributed by atoms with E-state index in [9.17, 15) is 4.79 Å². The van der Waals surface area contributed by atoms with Crippen molar-refractivity contribution >= 4 is 40.6 Å². The van der Waals surface area contributed by atoms with Gasteiger partial charge in [-0.15, -0.1) is 23.7 Å². The summed E-state index contributed by atoms with van der Waals surface area (Å²) >= 11 is 6.60. The Morgan fingerprint density at radius 2 is 2.30 bits per heavy atom. The highest BCUT2D eigenvalue weighted by Gasteiger charge is 2.04. The first kappa shape index (κ1) is 9.95. The quantitative estimate of drug-likeness (QED) is 0.632. The molecule has 1 rings (SSSR count). The Bertz CT molecular complexity index is 231. The zero-order valence-corrected chi connectivity index (χ0v) is 7.65. The topological polar surface area (TPSA) is 17.1 Å². The number of halogens is 2. The van der Waals surface area contributed by atoms with Gasteiger partial charge in [-0.05, 0) is 35.5 Å². The van der Waals surface area contributed by atoms with Crippen molar-refractivity contribution in [2.24, 2.45) is 0 Å². The molecule has 10 heavy (non-hydrogen) atoms. The third kappa shape index (κ3) is 1.97. The van der Waals surface area contributed by atoms with Gasteiger partial charge in [-0.2, -0.15) is 0 Å². The van der Waals surface area contributed by atoms with E-state index in [1.54, 1.807) is 0 Å². The summed E-state index contributed by atoms with van der Waals surface area (Å²) in [6.07, 6.45) is 0. The maximum atomic E-state index is 10.5. The zero-order valence-electron chi connectivity index (χ0n) is 5.26. The molecule has 0 fully saturated rings. The van der Waals surface area contributed by atoms with Crippen LogP contribution in [0.4, 0.5) is 0 Å². The van der Waals surface area contributed by atoms with E-state index in [0.29, 0.717) is 4.88 Å². The van der Waals surface area contributed by atoms with E-state index in [4.69, 9.17) is 11.6 Å². The van der Waals surface area contributed by atoms with E-state index in [1.165, 1.54) is 11.3 Å². The molecule has 0 unspecified atom stereocenters. The first-order valence-electron chi connectivity index (χ1n) is 2.45. The van der Waals surface area contributed by atoms with Gasteiger partial charge >= 0.3 is 0 Å². The molecule has 56 valence electrons. The Morgan fingerprint density at radius 1 is 1.70 bits per heavy atom. The van der Waals surface area contributed by atoms with Gasteiger partial charge in [-0.3, -0.25) is 4.79 Å². The molecule has 0 aliphatic heterocycles. The van der Waals surface area contributed by atoms with Crippen LogP contribution in [0.1, 0.15) is 15.2 Å². The number of hydrogen-bond donors (Lipinski definition) is 0. The van der Waals surface area contributed by atoms with Gasteiger partial charge in [-0.1, -0.05) is 0 Å². The van der Waals surface area contributed by atoms with Crippen LogP contribution in [0.5, 0.6) is 0 Å². The highest BCUT2D eigenvalue weighted by Crippen LogP contribution is 2.17. The van der Waals surface area contributed by atoms with Gasteiger partial charge in [-0.25, -0.2) is 0 Å². The fraction of sp³-hybridized carbons (Fsp3) is 0.167. The number of rotatable bonds is 1. The van der Waals surface area contributed by atoms with Gasteiger partial charge in [0.15, 0.2) is 0 Å². The fourth-order valence-corrected chi connectivity index (χ4v) is 1.61. The van der Waals surface area contributed by atoms with Gasteiger partial charge in [0.05, 0.1) is 4.88 Å². The van der Waals surface area contributed by atoms with E-state index < -0.39 is 0 Å². The summed E-state index contributed by atoms with van der Waals surface area (Å²) < 4.78 is 0. The van der Waals surface area contributed by atoms with E-state index in [-0.39, 0.29) is 17.6 Å². The molecule has 4 heteroatoms. The maximum absolute atomic E-state index is 10.5. The van der Waals surface area contributed by atoms with Crippen molar-refractivity contribution in [3.63, 3.8) is 0 Å². The van der Waals surface area contributed by atoms with Gasteiger partial charge < -0.3 is 0 Å². The minimum Gasteiger partial charge on any atom is -0.275 e. The van der Waals surface area contributed by atoms with Gasteiger partial charge in [0.2, 0.25) is 0 Å². The molecule has 0 radical (unpaired) electrons. The third-order valence-electron chi connectivity index (χ3n) is 1.04. The lowest BCUT2D eigenvalue weighted by molar-refractivity contribution is 0.108. The fourth-order valence-electron chi connectivity index (χ4n) is 0.574. The monoisotopic (exact) mass is 196 g/mol. The summed E-state index contributed by atoms with van der Waals surface area (Å²) in [7, 11) is 0. The van der Waals surface area contributed by atoms with Gasteiger partial charge in [0.25, 0.3) is 5.24 Å². The average molecular weight is 197 g/mol. The summed E-state index contributed by atoms with van der Waals surface area (Å²) in [5, 5.41) is 1.49. The van der Waals surface area contributed by atoms with Crippen LogP contribution in [-0.2, 0) is 0 Å². The van der Waals surface area contributed by atoms with Crippen molar-refractivity contribution in [3.8, 4) is 0 Å². The minimum absolute atomic E-state index is 0. The number of aryl methyl sites for hydroxylation is 1. The van der Waals surface area contributed by atoms with Crippen LogP contribution in [0.3, 0.4) is 0 Å². The zero-order chi connectivity index (χ0) is 6.85. The molecule has 0 aliphatic carbocycles. The number of hydrogen-bond acceptors (Lipinski definition) is 2. The summed E-state index contributed by atoms with van der Waals surface area (Å²) in [4.78, 5) is 11.2. The number of carbonyl (C=O) groups is 1. The lowest BCUT2D eigenvalue weighted by Crippen LogP contribution is -1.84. The first-order chi connectivity index (χ1) is 4.22. The summed E-state index contributed by atoms with van der Waals surface area (Å²) in [6.45, 7) is 1.87. The second-order valence-corrected chi connectivity index (χ2v) is 2.97. The van der Waals surface area contributed by atoms with Crippen LogP contribution in [0, 0.1) is 6.92 Å². The second-order valence-electron chi connectivity index (χ2n) is 1.71. The average Bonchev–Trinajstić information content (AvgIpc) is 2.13. The van der Waals surface area contributed by atoms with Crippen molar-refractivity contribution < 1.29 is 4.79 Å². The predicted octanol–water partition coefficient (Wildman–Crippen LogP) is 2.86. The van der Waals surface area contributed by atoms with E-state index >= 15 is 0 Å². The molecule has 0 aliphatic rings. The van der Waals surface area contributed by atoms with E-state index in [0.717, 1.165) is 5.56 Å². The Kier molecular flexibility index (Phi) is 3.94.